The van der Waals surface area contributed by atoms with E-state index in [1.54, 1.807) is 22.2 Å². The molecule has 0 saturated carbocycles. The van der Waals surface area contributed by atoms with Gasteiger partial charge in [-0.15, -0.1) is 0 Å². The fourth-order valence-corrected chi connectivity index (χ4v) is 4.31. The predicted molar refractivity (Wildman–Crippen MR) is 104 cm³/mol. The largest absolute Gasteiger partial charge is 0.365 e. The number of nitrogens with zero attached hydrogens (tertiary/aromatic N) is 3. The number of amides is 1. The Morgan fingerprint density at radius 2 is 2.12 bits per heavy atom. The molecule has 3 heterocycles. The van der Waals surface area contributed by atoms with E-state index in [0.717, 1.165) is 43.9 Å². The van der Waals surface area contributed by atoms with E-state index in [1.807, 2.05) is 30.3 Å². The van der Waals surface area contributed by atoms with Gasteiger partial charge in [0.25, 0.3) is 5.91 Å². The van der Waals surface area contributed by atoms with E-state index in [4.69, 9.17) is 10.8 Å². The molecule has 1 aliphatic rings. The summed E-state index contributed by atoms with van der Waals surface area (Å²) < 4.78 is 1.77. The van der Waals surface area contributed by atoms with Crippen LogP contribution < -0.4 is 5.73 Å². The molecule has 0 spiro atoms. The summed E-state index contributed by atoms with van der Waals surface area (Å²) in [7, 11) is 0. The smallest absolute Gasteiger partial charge is 0.252 e. The standard InChI is InChI=1S/C20H22N4OS/c21-20(25)18-13-24(17-6-2-1-3-7-17)22-19(18)16-5-4-9-23(12-16)11-15-8-10-26-14-15/h1-3,6-8,10,13-14,16H,4-5,9,11-12H2,(H2,21,25)/t16-/m0/s1. The predicted octanol–water partition coefficient (Wildman–Crippen LogP) is 3.41. The second-order valence-corrected chi connectivity index (χ2v) is 7.56. The van der Waals surface area contributed by atoms with Gasteiger partial charge in [0.15, 0.2) is 0 Å². The molecule has 1 aliphatic heterocycles. The van der Waals surface area contributed by atoms with Crippen LogP contribution in [0.2, 0.25) is 0 Å². The van der Waals surface area contributed by atoms with E-state index in [2.05, 4.69) is 21.7 Å². The summed E-state index contributed by atoms with van der Waals surface area (Å²) in [5, 5.41) is 9.06. The van der Waals surface area contributed by atoms with E-state index in [1.165, 1.54) is 5.56 Å². The zero-order valence-electron chi connectivity index (χ0n) is 14.5. The minimum absolute atomic E-state index is 0.231. The van der Waals surface area contributed by atoms with Crippen LogP contribution in [0.15, 0.2) is 53.4 Å². The number of likely N-dealkylation sites (tertiary alicyclic amines) is 1. The first-order valence-electron chi connectivity index (χ1n) is 8.89. The molecule has 0 bridgehead atoms. The summed E-state index contributed by atoms with van der Waals surface area (Å²) in [5.74, 6) is -0.174. The quantitative estimate of drug-likeness (QED) is 0.752. The molecular weight excluding hydrogens is 344 g/mol. The summed E-state index contributed by atoms with van der Waals surface area (Å²) in [5.41, 5.74) is 9.31. The first kappa shape index (κ1) is 17.0. The third-order valence-electron chi connectivity index (χ3n) is 4.91. The van der Waals surface area contributed by atoms with Crippen molar-refractivity contribution in [1.82, 2.24) is 14.7 Å². The minimum atomic E-state index is -0.405. The van der Waals surface area contributed by atoms with Gasteiger partial charge in [0.05, 0.1) is 16.9 Å². The lowest BCUT2D eigenvalue weighted by Crippen LogP contribution is -2.34. The van der Waals surface area contributed by atoms with E-state index >= 15 is 0 Å². The number of carbonyl (C=O) groups is 1. The lowest BCUT2D eigenvalue weighted by molar-refractivity contribution is 0.0997. The Hall–Kier alpha value is -2.44. The fourth-order valence-electron chi connectivity index (χ4n) is 3.65. The number of primary amides is 1. The molecule has 1 atom stereocenters. The SMILES string of the molecule is NC(=O)c1cn(-c2ccccc2)nc1[C@H]1CCCN(Cc2ccsc2)C1. The first-order chi connectivity index (χ1) is 12.7. The van der Waals surface area contributed by atoms with Gasteiger partial charge in [-0.1, -0.05) is 18.2 Å². The van der Waals surface area contributed by atoms with Crippen LogP contribution in [0.4, 0.5) is 0 Å². The Morgan fingerprint density at radius 3 is 2.85 bits per heavy atom. The van der Waals surface area contributed by atoms with Crippen LogP contribution in [-0.2, 0) is 6.54 Å². The molecule has 26 heavy (non-hydrogen) atoms. The number of aromatic nitrogens is 2. The van der Waals surface area contributed by atoms with E-state index in [-0.39, 0.29) is 5.92 Å². The van der Waals surface area contributed by atoms with Gasteiger partial charge in [-0.3, -0.25) is 9.69 Å². The highest BCUT2D eigenvalue weighted by molar-refractivity contribution is 7.07. The van der Waals surface area contributed by atoms with Crippen LogP contribution in [0, 0.1) is 0 Å². The van der Waals surface area contributed by atoms with Gasteiger partial charge in [0, 0.05) is 25.2 Å². The van der Waals surface area contributed by atoms with Crippen LogP contribution in [-0.4, -0.2) is 33.7 Å². The maximum absolute atomic E-state index is 12.0. The number of thiophene rings is 1. The Balaban J connectivity index is 1.59. The van der Waals surface area contributed by atoms with Crippen LogP contribution in [0.3, 0.4) is 0 Å². The molecule has 3 aromatic rings. The van der Waals surface area contributed by atoms with Crippen molar-refractivity contribution in [3.05, 3.63) is 70.2 Å². The molecule has 0 aliphatic carbocycles. The molecule has 1 fully saturated rings. The number of benzene rings is 1. The topological polar surface area (TPSA) is 64.2 Å². The highest BCUT2D eigenvalue weighted by atomic mass is 32.1. The van der Waals surface area contributed by atoms with E-state index in [9.17, 15) is 4.79 Å². The van der Waals surface area contributed by atoms with Crippen molar-refractivity contribution in [2.24, 2.45) is 5.73 Å². The number of hydrogen-bond donors (Lipinski definition) is 1. The minimum Gasteiger partial charge on any atom is -0.365 e. The zero-order chi connectivity index (χ0) is 17.9. The molecule has 1 amide bonds. The lowest BCUT2D eigenvalue weighted by Gasteiger charge is -2.32. The van der Waals surface area contributed by atoms with Crippen LogP contribution in [0.25, 0.3) is 5.69 Å². The van der Waals surface area contributed by atoms with Gasteiger partial charge in [0.2, 0.25) is 0 Å². The third kappa shape index (κ3) is 3.57. The fraction of sp³-hybridized carbons (Fsp3) is 0.300. The molecule has 1 aromatic carbocycles. The molecular formula is C20H22N4OS. The summed E-state index contributed by atoms with van der Waals surface area (Å²) in [6, 6.07) is 12.0. The Morgan fingerprint density at radius 1 is 1.27 bits per heavy atom. The summed E-state index contributed by atoms with van der Waals surface area (Å²) in [4.78, 5) is 14.5. The number of rotatable bonds is 5. The van der Waals surface area contributed by atoms with Gasteiger partial charge >= 0.3 is 0 Å². The highest BCUT2D eigenvalue weighted by Crippen LogP contribution is 2.30. The molecule has 1 saturated heterocycles. The van der Waals surface area contributed by atoms with Crippen LogP contribution >= 0.6 is 11.3 Å². The van der Waals surface area contributed by atoms with Crippen molar-refractivity contribution in [1.29, 1.82) is 0 Å². The van der Waals surface area contributed by atoms with Crippen molar-refractivity contribution in [3.63, 3.8) is 0 Å². The molecule has 0 radical (unpaired) electrons. The molecule has 134 valence electrons. The third-order valence-corrected chi connectivity index (χ3v) is 5.64. The lowest BCUT2D eigenvalue weighted by atomic mass is 9.92. The Bertz CT molecular complexity index is 873. The number of nitrogens with two attached hydrogens (primary N) is 1. The number of hydrogen-bond acceptors (Lipinski definition) is 4. The second-order valence-electron chi connectivity index (χ2n) is 6.78. The normalized spacial score (nSPS) is 18.1. The monoisotopic (exact) mass is 366 g/mol. The van der Waals surface area contributed by atoms with Crippen molar-refractivity contribution < 1.29 is 4.79 Å². The molecule has 0 unspecified atom stereocenters. The van der Waals surface area contributed by atoms with Crippen LogP contribution in [0.5, 0.6) is 0 Å². The average Bonchev–Trinajstić information content (AvgIpc) is 3.32. The van der Waals surface area contributed by atoms with Crippen molar-refractivity contribution in [2.75, 3.05) is 13.1 Å². The number of carbonyl (C=O) groups excluding carboxylic acids is 1. The van der Waals surface area contributed by atoms with Crippen molar-refractivity contribution in [2.45, 2.75) is 25.3 Å². The van der Waals surface area contributed by atoms with Gasteiger partial charge in [-0.05, 0) is 53.9 Å². The molecule has 6 heteroatoms. The van der Waals surface area contributed by atoms with Gasteiger partial charge in [-0.2, -0.15) is 16.4 Å². The maximum atomic E-state index is 12.0. The van der Waals surface area contributed by atoms with E-state index < -0.39 is 5.91 Å². The summed E-state index contributed by atoms with van der Waals surface area (Å²) in [6.07, 6.45) is 3.91. The number of para-hydroxylation sites is 1. The second kappa shape index (κ2) is 7.43. The highest BCUT2D eigenvalue weighted by Gasteiger charge is 2.28. The maximum Gasteiger partial charge on any atom is 0.252 e. The van der Waals surface area contributed by atoms with Gasteiger partial charge in [0.1, 0.15) is 0 Å². The van der Waals surface area contributed by atoms with Crippen molar-refractivity contribution in [3.8, 4) is 5.69 Å². The Kier molecular flexibility index (Phi) is 4.86. The van der Waals surface area contributed by atoms with Crippen LogP contribution in [0.1, 0.15) is 40.4 Å². The molecule has 2 N–H and O–H groups in total. The van der Waals surface area contributed by atoms with Gasteiger partial charge < -0.3 is 5.73 Å². The first-order valence-corrected chi connectivity index (χ1v) is 9.83. The number of piperidine rings is 1. The van der Waals surface area contributed by atoms with Crippen molar-refractivity contribution >= 4 is 17.2 Å². The summed E-state index contributed by atoms with van der Waals surface area (Å²) in [6.45, 7) is 2.94. The zero-order valence-corrected chi connectivity index (χ0v) is 15.4. The summed E-state index contributed by atoms with van der Waals surface area (Å²) >= 11 is 1.73. The molecule has 5 nitrogen and oxygen atoms in total. The molecule has 4 rings (SSSR count). The average molecular weight is 366 g/mol. The van der Waals surface area contributed by atoms with Gasteiger partial charge in [-0.25, -0.2) is 4.68 Å². The van der Waals surface area contributed by atoms with E-state index in [0.29, 0.717) is 5.56 Å². The Labute approximate surface area is 157 Å². The molecule has 2 aromatic heterocycles.